The fraction of sp³-hybridized carbons (Fsp3) is 0.222. The SMILES string of the molecule is CC(=O)c1c(O)cccc1CCl. The summed E-state index contributed by atoms with van der Waals surface area (Å²) in [5.74, 6) is 0.0768. The van der Waals surface area contributed by atoms with Gasteiger partial charge in [0, 0.05) is 5.88 Å². The third kappa shape index (κ3) is 1.59. The zero-order valence-electron chi connectivity index (χ0n) is 6.67. The monoisotopic (exact) mass is 184 g/mol. The van der Waals surface area contributed by atoms with Crippen molar-refractivity contribution in [3.63, 3.8) is 0 Å². The highest BCUT2D eigenvalue weighted by Crippen LogP contribution is 2.22. The summed E-state index contributed by atoms with van der Waals surface area (Å²) in [6.45, 7) is 1.41. The van der Waals surface area contributed by atoms with Gasteiger partial charge in [-0.2, -0.15) is 0 Å². The Balaban J connectivity index is 3.29. The fourth-order valence-corrected chi connectivity index (χ4v) is 1.33. The number of phenolic OH excluding ortho intramolecular Hbond substituents is 1. The smallest absolute Gasteiger partial charge is 0.163 e. The molecular weight excluding hydrogens is 176 g/mol. The number of rotatable bonds is 2. The van der Waals surface area contributed by atoms with E-state index in [0.717, 1.165) is 0 Å². The Kier molecular flexibility index (Phi) is 2.71. The van der Waals surface area contributed by atoms with Gasteiger partial charge in [-0.15, -0.1) is 11.6 Å². The van der Waals surface area contributed by atoms with Crippen LogP contribution in [0.3, 0.4) is 0 Å². The zero-order chi connectivity index (χ0) is 9.14. The molecule has 0 aromatic heterocycles. The molecule has 64 valence electrons. The van der Waals surface area contributed by atoms with Crippen molar-refractivity contribution in [3.05, 3.63) is 29.3 Å². The van der Waals surface area contributed by atoms with E-state index in [2.05, 4.69) is 0 Å². The van der Waals surface area contributed by atoms with Crippen LogP contribution in [-0.4, -0.2) is 10.9 Å². The zero-order valence-corrected chi connectivity index (χ0v) is 7.43. The molecule has 0 unspecified atom stereocenters. The highest BCUT2D eigenvalue weighted by Gasteiger charge is 2.10. The van der Waals surface area contributed by atoms with Crippen LogP contribution in [0.15, 0.2) is 18.2 Å². The summed E-state index contributed by atoms with van der Waals surface area (Å²) >= 11 is 5.58. The maximum Gasteiger partial charge on any atom is 0.163 e. The van der Waals surface area contributed by atoms with E-state index in [1.807, 2.05) is 0 Å². The van der Waals surface area contributed by atoms with Crippen LogP contribution in [0.25, 0.3) is 0 Å². The standard InChI is InChI=1S/C9H9ClO2/c1-6(11)9-7(5-10)3-2-4-8(9)12/h2-4,12H,5H2,1H3. The number of ketones is 1. The molecule has 0 bridgehead atoms. The number of carbonyl (C=O) groups is 1. The summed E-state index contributed by atoms with van der Waals surface area (Å²) in [7, 11) is 0. The molecule has 1 aromatic carbocycles. The van der Waals surface area contributed by atoms with E-state index >= 15 is 0 Å². The quantitative estimate of drug-likeness (QED) is 0.566. The van der Waals surface area contributed by atoms with Crippen molar-refractivity contribution < 1.29 is 9.90 Å². The van der Waals surface area contributed by atoms with E-state index in [-0.39, 0.29) is 17.4 Å². The van der Waals surface area contributed by atoms with Gasteiger partial charge in [0.25, 0.3) is 0 Å². The van der Waals surface area contributed by atoms with E-state index < -0.39 is 0 Å². The Morgan fingerprint density at radius 2 is 2.25 bits per heavy atom. The average molecular weight is 185 g/mol. The van der Waals surface area contributed by atoms with Gasteiger partial charge in [-0.3, -0.25) is 4.79 Å². The van der Waals surface area contributed by atoms with Gasteiger partial charge in [0.2, 0.25) is 0 Å². The number of benzene rings is 1. The summed E-state index contributed by atoms with van der Waals surface area (Å²) < 4.78 is 0. The lowest BCUT2D eigenvalue weighted by molar-refractivity contribution is 0.101. The number of halogens is 1. The maximum absolute atomic E-state index is 11.0. The van der Waals surface area contributed by atoms with Gasteiger partial charge < -0.3 is 5.11 Å². The predicted molar refractivity (Wildman–Crippen MR) is 47.7 cm³/mol. The number of hydrogen-bond donors (Lipinski definition) is 1. The van der Waals surface area contributed by atoms with Gasteiger partial charge in [-0.25, -0.2) is 0 Å². The molecule has 12 heavy (non-hydrogen) atoms. The van der Waals surface area contributed by atoms with Gasteiger partial charge in [0.05, 0.1) is 5.56 Å². The van der Waals surface area contributed by atoms with Crippen LogP contribution >= 0.6 is 11.6 Å². The second-order valence-electron chi connectivity index (χ2n) is 2.50. The van der Waals surface area contributed by atoms with Gasteiger partial charge >= 0.3 is 0 Å². The number of carbonyl (C=O) groups excluding carboxylic acids is 1. The van der Waals surface area contributed by atoms with E-state index in [9.17, 15) is 9.90 Å². The molecule has 0 atom stereocenters. The Morgan fingerprint density at radius 3 is 2.67 bits per heavy atom. The molecule has 1 N–H and O–H groups in total. The minimum absolute atomic E-state index is 0.000602. The summed E-state index contributed by atoms with van der Waals surface area (Å²) in [4.78, 5) is 11.0. The maximum atomic E-state index is 11.0. The first-order valence-electron chi connectivity index (χ1n) is 3.54. The van der Waals surface area contributed by atoms with Crippen molar-refractivity contribution in [2.75, 3.05) is 0 Å². The van der Waals surface area contributed by atoms with Crippen molar-refractivity contribution >= 4 is 17.4 Å². The van der Waals surface area contributed by atoms with Crippen LogP contribution in [0.5, 0.6) is 5.75 Å². The molecule has 0 saturated carbocycles. The van der Waals surface area contributed by atoms with Crippen LogP contribution in [0.2, 0.25) is 0 Å². The minimum Gasteiger partial charge on any atom is -0.507 e. The van der Waals surface area contributed by atoms with Gasteiger partial charge in [0.15, 0.2) is 5.78 Å². The van der Waals surface area contributed by atoms with Gasteiger partial charge in [-0.05, 0) is 18.6 Å². The van der Waals surface area contributed by atoms with E-state index in [1.54, 1.807) is 12.1 Å². The molecule has 0 saturated heterocycles. The molecule has 2 nitrogen and oxygen atoms in total. The summed E-state index contributed by atoms with van der Waals surface area (Å²) in [5.41, 5.74) is 0.997. The molecule has 0 fully saturated rings. The number of phenols is 1. The van der Waals surface area contributed by atoms with Crippen LogP contribution in [0, 0.1) is 0 Å². The number of aromatic hydroxyl groups is 1. The molecule has 0 aliphatic carbocycles. The van der Waals surface area contributed by atoms with Crippen LogP contribution in [0.4, 0.5) is 0 Å². The lowest BCUT2D eigenvalue weighted by atomic mass is 10.0. The first kappa shape index (κ1) is 9.07. The van der Waals surface area contributed by atoms with Crippen molar-refractivity contribution in [3.8, 4) is 5.75 Å². The number of Topliss-reactive ketones (excluding diaryl/α,β-unsaturated/α-hetero) is 1. The van der Waals surface area contributed by atoms with E-state index in [4.69, 9.17) is 11.6 Å². The molecule has 3 heteroatoms. The van der Waals surface area contributed by atoms with Gasteiger partial charge in [-0.1, -0.05) is 12.1 Å². The topological polar surface area (TPSA) is 37.3 Å². The Morgan fingerprint density at radius 1 is 1.58 bits per heavy atom. The second kappa shape index (κ2) is 3.59. The number of alkyl halides is 1. The van der Waals surface area contributed by atoms with Crippen molar-refractivity contribution in [2.45, 2.75) is 12.8 Å². The highest BCUT2D eigenvalue weighted by molar-refractivity contribution is 6.18. The van der Waals surface area contributed by atoms with Crippen molar-refractivity contribution in [2.24, 2.45) is 0 Å². The molecule has 1 rings (SSSR count). The van der Waals surface area contributed by atoms with E-state index in [0.29, 0.717) is 11.1 Å². The molecule has 0 aliphatic rings. The first-order valence-corrected chi connectivity index (χ1v) is 4.08. The fourth-order valence-electron chi connectivity index (χ4n) is 1.10. The van der Waals surface area contributed by atoms with Crippen LogP contribution in [-0.2, 0) is 5.88 Å². The van der Waals surface area contributed by atoms with Gasteiger partial charge in [0.1, 0.15) is 5.75 Å². The van der Waals surface area contributed by atoms with Crippen LogP contribution in [0.1, 0.15) is 22.8 Å². The Bertz CT molecular complexity index is 307. The minimum atomic E-state index is -0.163. The molecule has 0 heterocycles. The number of hydrogen-bond acceptors (Lipinski definition) is 2. The molecule has 0 radical (unpaired) electrons. The molecule has 1 aromatic rings. The Labute approximate surface area is 75.8 Å². The first-order chi connectivity index (χ1) is 5.66. The lowest BCUT2D eigenvalue weighted by Gasteiger charge is -2.04. The lowest BCUT2D eigenvalue weighted by Crippen LogP contribution is -1.97. The van der Waals surface area contributed by atoms with Crippen molar-refractivity contribution in [1.82, 2.24) is 0 Å². The predicted octanol–water partition coefficient (Wildman–Crippen LogP) is 2.33. The normalized spacial score (nSPS) is 9.83. The second-order valence-corrected chi connectivity index (χ2v) is 2.77. The van der Waals surface area contributed by atoms with Crippen LogP contribution < -0.4 is 0 Å². The van der Waals surface area contributed by atoms with Crippen molar-refractivity contribution in [1.29, 1.82) is 0 Å². The summed E-state index contributed by atoms with van der Waals surface area (Å²) in [6, 6.07) is 4.87. The third-order valence-electron chi connectivity index (χ3n) is 1.62. The average Bonchev–Trinajstić information content (AvgIpc) is 2.03. The largest absolute Gasteiger partial charge is 0.507 e. The Hall–Kier alpha value is -1.02. The summed E-state index contributed by atoms with van der Waals surface area (Å²) in [6.07, 6.45) is 0. The third-order valence-corrected chi connectivity index (χ3v) is 1.91. The summed E-state index contributed by atoms with van der Waals surface area (Å²) in [5, 5.41) is 9.31. The molecule has 0 aliphatic heterocycles. The highest BCUT2D eigenvalue weighted by atomic mass is 35.5. The molecule has 0 amide bonds. The molecular formula is C9H9ClO2. The molecule has 0 spiro atoms. The van der Waals surface area contributed by atoms with E-state index in [1.165, 1.54) is 13.0 Å².